The minimum atomic E-state index is -0.127. The number of aliphatic hydroxyl groups is 1. The van der Waals surface area contributed by atoms with Gasteiger partial charge < -0.3 is 10.4 Å². The van der Waals surface area contributed by atoms with Gasteiger partial charge in [-0.15, -0.1) is 0 Å². The first-order chi connectivity index (χ1) is 10.1. The zero-order valence-electron chi connectivity index (χ0n) is 12.2. The molecule has 0 bridgehead atoms. The fourth-order valence-electron chi connectivity index (χ4n) is 2.92. The van der Waals surface area contributed by atoms with Crippen LogP contribution in [0.1, 0.15) is 35.3 Å². The van der Waals surface area contributed by atoms with E-state index in [4.69, 9.17) is 0 Å². The molecule has 0 radical (unpaired) electrons. The molecule has 0 aliphatic heterocycles. The summed E-state index contributed by atoms with van der Waals surface area (Å²) in [5.74, 6) is 0.507. The maximum absolute atomic E-state index is 12.4. The number of benzene rings is 1. The average Bonchev–Trinajstić information content (AvgIpc) is 2.44. The smallest absolute Gasteiger partial charge is 0.252 e. The van der Waals surface area contributed by atoms with E-state index in [0.29, 0.717) is 18.0 Å². The van der Waals surface area contributed by atoms with Crippen molar-refractivity contribution < 1.29 is 9.90 Å². The molecule has 1 heterocycles. The second-order valence-electron chi connectivity index (χ2n) is 5.86. The molecular formula is C17H20N2O2. The molecule has 2 aromatic rings. The molecule has 1 aliphatic carbocycles. The van der Waals surface area contributed by atoms with Gasteiger partial charge in [0.15, 0.2) is 0 Å². The SMILES string of the molecule is Cc1cc(C(=O)NCCC2CC(O)C2)c2ccccc2n1. The number of nitrogens with one attached hydrogen (secondary N) is 1. The Kier molecular flexibility index (Phi) is 3.88. The normalized spacial score (nSPS) is 21.0. The predicted molar refractivity (Wildman–Crippen MR) is 82.2 cm³/mol. The molecule has 0 saturated heterocycles. The molecule has 110 valence electrons. The van der Waals surface area contributed by atoms with Crippen LogP contribution >= 0.6 is 0 Å². The van der Waals surface area contributed by atoms with Gasteiger partial charge in [-0.2, -0.15) is 0 Å². The number of hydrogen-bond acceptors (Lipinski definition) is 3. The zero-order valence-corrected chi connectivity index (χ0v) is 12.2. The highest BCUT2D eigenvalue weighted by atomic mass is 16.3. The van der Waals surface area contributed by atoms with Crippen molar-refractivity contribution in [1.82, 2.24) is 10.3 Å². The number of carbonyl (C=O) groups excluding carboxylic acids is 1. The molecule has 1 aromatic heterocycles. The number of para-hydroxylation sites is 1. The highest BCUT2D eigenvalue weighted by molar-refractivity contribution is 6.06. The number of aryl methyl sites for hydroxylation is 1. The van der Waals surface area contributed by atoms with Gasteiger partial charge in [-0.25, -0.2) is 0 Å². The van der Waals surface area contributed by atoms with Gasteiger partial charge in [0.25, 0.3) is 5.91 Å². The third-order valence-corrected chi connectivity index (χ3v) is 4.14. The maximum Gasteiger partial charge on any atom is 0.252 e. The van der Waals surface area contributed by atoms with E-state index in [1.54, 1.807) is 0 Å². The molecule has 4 nitrogen and oxygen atoms in total. The first kappa shape index (κ1) is 14.0. The Labute approximate surface area is 124 Å². The summed E-state index contributed by atoms with van der Waals surface area (Å²) in [5.41, 5.74) is 2.39. The summed E-state index contributed by atoms with van der Waals surface area (Å²) in [5, 5.41) is 13.1. The van der Waals surface area contributed by atoms with Crippen LogP contribution in [0.25, 0.3) is 10.9 Å². The topological polar surface area (TPSA) is 62.2 Å². The summed E-state index contributed by atoms with van der Waals surface area (Å²) in [6.07, 6.45) is 2.54. The van der Waals surface area contributed by atoms with E-state index in [9.17, 15) is 9.90 Å². The molecular weight excluding hydrogens is 264 g/mol. The number of nitrogens with zero attached hydrogens (tertiary/aromatic N) is 1. The van der Waals surface area contributed by atoms with Gasteiger partial charge >= 0.3 is 0 Å². The average molecular weight is 284 g/mol. The summed E-state index contributed by atoms with van der Waals surface area (Å²) in [6.45, 7) is 2.56. The van der Waals surface area contributed by atoms with Gasteiger partial charge in [-0.05, 0) is 44.2 Å². The quantitative estimate of drug-likeness (QED) is 0.906. The second kappa shape index (κ2) is 5.82. The van der Waals surface area contributed by atoms with Crippen molar-refractivity contribution in [3.63, 3.8) is 0 Å². The van der Waals surface area contributed by atoms with Crippen LogP contribution in [0, 0.1) is 12.8 Å². The second-order valence-corrected chi connectivity index (χ2v) is 5.86. The molecule has 1 aliphatic rings. The van der Waals surface area contributed by atoms with E-state index >= 15 is 0 Å². The lowest BCUT2D eigenvalue weighted by atomic mass is 9.80. The van der Waals surface area contributed by atoms with Crippen LogP contribution < -0.4 is 5.32 Å². The van der Waals surface area contributed by atoms with Crippen LogP contribution in [-0.4, -0.2) is 28.6 Å². The molecule has 1 fully saturated rings. The van der Waals surface area contributed by atoms with E-state index in [2.05, 4.69) is 10.3 Å². The Morgan fingerprint density at radius 3 is 2.90 bits per heavy atom. The summed E-state index contributed by atoms with van der Waals surface area (Å²) >= 11 is 0. The van der Waals surface area contributed by atoms with Crippen molar-refractivity contribution in [2.45, 2.75) is 32.3 Å². The number of pyridine rings is 1. The van der Waals surface area contributed by atoms with Crippen molar-refractivity contribution in [2.75, 3.05) is 6.54 Å². The lowest BCUT2D eigenvalue weighted by molar-refractivity contribution is 0.0393. The summed E-state index contributed by atoms with van der Waals surface area (Å²) < 4.78 is 0. The van der Waals surface area contributed by atoms with Gasteiger partial charge in [-0.3, -0.25) is 9.78 Å². The fraction of sp³-hybridized carbons (Fsp3) is 0.412. The Hall–Kier alpha value is -1.94. The van der Waals surface area contributed by atoms with Crippen molar-refractivity contribution >= 4 is 16.8 Å². The van der Waals surface area contributed by atoms with Crippen molar-refractivity contribution in [3.05, 3.63) is 41.6 Å². The van der Waals surface area contributed by atoms with E-state index in [1.165, 1.54) is 0 Å². The van der Waals surface area contributed by atoms with Gasteiger partial charge in [-0.1, -0.05) is 18.2 Å². The number of hydrogen-bond donors (Lipinski definition) is 2. The van der Waals surface area contributed by atoms with Gasteiger partial charge in [0.1, 0.15) is 0 Å². The lowest BCUT2D eigenvalue weighted by Crippen LogP contribution is -2.33. The van der Waals surface area contributed by atoms with Crippen LogP contribution in [-0.2, 0) is 0 Å². The van der Waals surface area contributed by atoms with E-state index in [0.717, 1.165) is 35.9 Å². The number of carbonyl (C=O) groups is 1. The van der Waals surface area contributed by atoms with E-state index in [1.807, 2.05) is 37.3 Å². The fourth-order valence-corrected chi connectivity index (χ4v) is 2.92. The van der Waals surface area contributed by atoms with Gasteiger partial charge in [0.2, 0.25) is 0 Å². The third kappa shape index (κ3) is 3.05. The Bertz CT molecular complexity index is 663. The number of rotatable bonds is 4. The third-order valence-electron chi connectivity index (χ3n) is 4.14. The van der Waals surface area contributed by atoms with Crippen LogP contribution in [0.4, 0.5) is 0 Å². The molecule has 0 unspecified atom stereocenters. The van der Waals surface area contributed by atoms with Crippen LogP contribution in [0.5, 0.6) is 0 Å². The molecule has 0 spiro atoms. The molecule has 4 heteroatoms. The molecule has 1 aromatic carbocycles. The summed E-state index contributed by atoms with van der Waals surface area (Å²) in [6, 6.07) is 9.54. The van der Waals surface area contributed by atoms with Crippen molar-refractivity contribution in [1.29, 1.82) is 0 Å². The monoisotopic (exact) mass is 284 g/mol. The van der Waals surface area contributed by atoms with Crippen LogP contribution in [0.3, 0.4) is 0 Å². The highest BCUT2D eigenvalue weighted by Gasteiger charge is 2.26. The van der Waals surface area contributed by atoms with Crippen LogP contribution in [0.2, 0.25) is 0 Å². The zero-order chi connectivity index (χ0) is 14.8. The van der Waals surface area contributed by atoms with Crippen molar-refractivity contribution in [2.24, 2.45) is 5.92 Å². The predicted octanol–water partition coefficient (Wildman–Crippen LogP) is 2.43. The molecule has 2 N–H and O–H groups in total. The van der Waals surface area contributed by atoms with E-state index < -0.39 is 0 Å². The molecule has 1 saturated carbocycles. The number of aromatic nitrogens is 1. The van der Waals surface area contributed by atoms with Crippen molar-refractivity contribution in [3.8, 4) is 0 Å². The molecule has 21 heavy (non-hydrogen) atoms. The lowest BCUT2D eigenvalue weighted by Gasteiger charge is -2.31. The summed E-state index contributed by atoms with van der Waals surface area (Å²) in [4.78, 5) is 16.8. The molecule has 0 atom stereocenters. The largest absolute Gasteiger partial charge is 0.393 e. The van der Waals surface area contributed by atoms with Gasteiger partial charge in [0, 0.05) is 17.6 Å². The first-order valence-electron chi connectivity index (χ1n) is 7.46. The minimum absolute atomic E-state index is 0.0448. The number of fused-ring (bicyclic) bond motifs is 1. The minimum Gasteiger partial charge on any atom is -0.393 e. The molecule has 3 rings (SSSR count). The van der Waals surface area contributed by atoms with Gasteiger partial charge in [0.05, 0.1) is 17.2 Å². The Morgan fingerprint density at radius 1 is 1.38 bits per heavy atom. The standard InChI is InChI=1S/C17H20N2O2/c1-11-8-15(14-4-2-3-5-16(14)19-11)17(21)18-7-6-12-9-13(20)10-12/h2-5,8,12-13,20H,6-7,9-10H2,1H3,(H,18,21). The first-order valence-corrected chi connectivity index (χ1v) is 7.46. The highest BCUT2D eigenvalue weighted by Crippen LogP contribution is 2.29. The summed E-state index contributed by atoms with van der Waals surface area (Å²) in [7, 11) is 0. The van der Waals surface area contributed by atoms with Crippen LogP contribution in [0.15, 0.2) is 30.3 Å². The molecule has 1 amide bonds. The maximum atomic E-state index is 12.4. The number of aliphatic hydroxyl groups excluding tert-OH is 1. The van der Waals surface area contributed by atoms with E-state index in [-0.39, 0.29) is 12.0 Å². The Morgan fingerprint density at radius 2 is 2.14 bits per heavy atom. The Balaban J connectivity index is 1.69. The number of amides is 1.